The summed E-state index contributed by atoms with van der Waals surface area (Å²) in [5.74, 6) is 0.754. The molecule has 25 heavy (non-hydrogen) atoms. The fourth-order valence-electron chi connectivity index (χ4n) is 3.97. The van der Waals surface area contributed by atoms with E-state index >= 15 is 0 Å². The number of rotatable bonds is 5. The van der Waals surface area contributed by atoms with Crippen LogP contribution >= 0.6 is 0 Å². The van der Waals surface area contributed by atoms with Crippen LogP contribution in [0.2, 0.25) is 0 Å². The van der Waals surface area contributed by atoms with Crippen LogP contribution in [-0.4, -0.2) is 41.3 Å². The molecule has 0 aromatic heterocycles. The molecule has 0 radical (unpaired) electrons. The van der Waals surface area contributed by atoms with Crippen LogP contribution in [0.15, 0.2) is 24.3 Å². The molecule has 2 aliphatic rings. The number of hydrogen-bond donors (Lipinski definition) is 2. The minimum Gasteiger partial charge on any atom is -0.394 e. The Kier molecular flexibility index (Phi) is 6.32. The molecule has 1 aromatic carbocycles. The molecule has 138 valence electrons. The molecule has 0 spiro atoms. The minimum absolute atomic E-state index is 0.0289. The van der Waals surface area contributed by atoms with E-state index in [-0.39, 0.29) is 18.7 Å². The summed E-state index contributed by atoms with van der Waals surface area (Å²) in [6, 6.07) is 7.68. The average Bonchev–Trinajstić information content (AvgIpc) is 3.09. The van der Waals surface area contributed by atoms with Crippen molar-refractivity contribution in [3.8, 4) is 0 Å². The summed E-state index contributed by atoms with van der Waals surface area (Å²) in [6.07, 6.45) is 7.05. The van der Waals surface area contributed by atoms with Crippen molar-refractivity contribution in [3.63, 3.8) is 0 Å². The Bertz CT molecular complexity index is 578. The van der Waals surface area contributed by atoms with E-state index in [0.717, 1.165) is 42.9 Å². The molecule has 3 unspecified atom stereocenters. The monoisotopic (exact) mass is 346 g/mol. The predicted octanol–water partition coefficient (Wildman–Crippen LogP) is 3.77. The van der Waals surface area contributed by atoms with Gasteiger partial charge in [-0.2, -0.15) is 0 Å². The first kappa shape index (κ1) is 18.2. The number of hydrogen-bond acceptors (Lipinski definition) is 3. The van der Waals surface area contributed by atoms with Crippen LogP contribution in [-0.2, 0) is 11.3 Å². The molecule has 5 heteroatoms. The number of nitrogens with zero attached hydrogens (tertiary/aromatic N) is 1. The Hall–Kier alpha value is -1.59. The van der Waals surface area contributed by atoms with E-state index in [9.17, 15) is 9.90 Å². The van der Waals surface area contributed by atoms with Crippen molar-refractivity contribution in [3.05, 3.63) is 29.8 Å². The smallest absolute Gasteiger partial charge is 0.322 e. The van der Waals surface area contributed by atoms with Crippen LogP contribution in [0.3, 0.4) is 0 Å². The number of urea groups is 1. The van der Waals surface area contributed by atoms with Crippen molar-refractivity contribution in [2.24, 2.45) is 5.92 Å². The van der Waals surface area contributed by atoms with Gasteiger partial charge in [0.05, 0.1) is 25.4 Å². The van der Waals surface area contributed by atoms with E-state index in [0.29, 0.717) is 19.3 Å². The lowest BCUT2D eigenvalue weighted by atomic mass is 9.89. The van der Waals surface area contributed by atoms with E-state index in [2.05, 4.69) is 12.2 Å². The van der Waals surface area contributed by atoms with Crippen molar-refractivity contribution >= 4 is 11.7 Å². The van der Waals surface area contributed by atoms with Crippen LogP contribution in [0.1, 0.15) is 51.0 Å². The number of anilines is 1. The first-order valence-electron chi connectivity index (χ1n) is 9.54. The maximum atomic E-state index is 12.4. The third kappa shape index (κ3) is 4.95. The maximum absolute atomic E-state index is 12.4. The lowest BCUT2D eigenvalue weighted by molar-refractivity contribution is 0.00468. The minimum atomic E-state index is -0.129. The molecule has 1 aromatic rings. The Morgan fingerprint density at radius 3 is 3.00 bits per heavy atom. The Morgan fingerprint density at radius 1 is 1.32 bits per heavy atom. The Balaban J connectivity index is 1.53. The molecule has 0 bridgehead atoms. The van der Waals surface area contributed by atoms with E-state index in [1.165, 1.54) is 12.8 Å². The van der Waals surface area contributed by atoms with Gasteiger partial charge in [0.25, 0.3) is 0 Å². The summed E-state index contributed by atoms with van der Waals surface area (Å²) in [7, 11) is 0. The van der Waals surface area contributed by atoms with Crippen LogP contribution in [0.4, 0.5) is 10.5 Å². The zero-order valence-electron chi connectivity index (χ0n) is 15.1. The Labute approximate surface area is 150 Å². The van der Waals surface area contributed by atoms with Gasteiger partial charge >= 0.3 is 6.03 Å². The van der Waals surface area contributed by atoms with Crippen molar-refractivity contribution in [1.29, 1.82) is 0 Å². The summed E-state index contributed by atoms with van der Waals surface area (Å²) in [5, 5.41) is 12.3. The highest BCUT2D eigenvalue weighted by atomic mass is 16.5. The highest BCUT2D eigenvalue weighted by molar-refractivity contribution is 5.89. The Morgan fingerprint density at radius 2 is 2.20 bits per heavy atom. The van der Waals surface area contributed by atoms with Crippen molar-refractivity contribution in [1.82, 2.24) is 4.90 Å². The van der Waals surface area contributed by atoms with E-state index < -0.39 is 0 Å². The molecular weight excluding hydrogens is 316 g/mol. The van der Waals surface area contributed by atoms with Gasteiger partial charge in [0.1, 0.15) is 0 Å². The standard InChI is InChI=1S/C20H30N2O3/c1-15-5-2-9-19(11-15)25-14-16-6-3-7-17(12-16)21-20(24)22-10-4-8-18(22)13-23/h3,6-7,12,15,18-19,23H,2,4-5,8-11,13-14H2,1H3,(H,21,24). The molecule has 1 aliphatic heterocycles. The highest BCUT2D eigenvalue weighted by Crippen LogP contribution is 2.26. The molecule has 1 heterocycles. The molecule has 2 fully saturated rings. The van der Waals surface area contributed by atoms with Gasteiger partial charge in [-0.3, -0.25) is 0 Å². The third-order valence-corrected chi connectivity index (χ3v) is 5.40. The predicted molar refractivity (Wildman–Crippen MR) is 98.5 cm³/mol. The number of carbonyl (C=O) groups excluding carboxylic acids is 1. The number of aliphatic hydroxyl groups is 1. The molecule has 5 nitrogen and oxygen atoms in total. The average molecular weight is 346 g/mol. The lowest BCUT2D eigenvalue weighted by Crippen LogP contribution is -2.40. The highest BCUT2D eigenvalue weighted by Gasteiger charge is 2.28. The summed E-state index contributed by atoms with van der Waals surface area (Å²) in [6.45, 7) is 3.62. The fourth-order valence-corrected chi connectivity index (χ4v) is 3.97. The topological polar surface area (TPSA) is 61.8 Å². The zero-order chi connectivity index (χ0) is 17.6. The van der Waals surface area contributed by atoms with E-state index in [1.807, 2.05) is 24.3 Å². The number of benzene rings is 1. The number of carbonyl (C=O) groups is 1. The normalized spacial score (nSPS) is 26.6. The lowest BCUT2D eigenvalue weighted by Gasteiger charge is -2.27. The SMILES string of the molecule is CC1CCCC(OCc2cccc(NC(=O)N3CCCC3CO)c2)C1. The van der Waals surface area contributed by atoms with Gasteiger partial charge in [-0.1, -0.05) is 31.9 Å². The molecule has 3 rings (SSSR count). The molecule has 1 saturated carbocycles. The molecule has 2 N–H and O–H groups in total. The van der Waals surface area contributed by atoms with Crippen molar-refractivity contribution in [2.45, 2.75) is 64.2 Å². The maximum Gasteiger partial charge on any atom is 0.322 e. The van der Waals surface area contributed by atoms with Gasteiger partial charge in [0.15, 0.2) is 0 Å². The molecule has 2 amide bonds. The second kappa shape index (κ2) is 8.68. The summed E-state index contributed by atoms with van der Waals surface area (Å²) < 4.78 is 6.08. The van der Waals surface area contributed by atoms with Gasteiger partial charge in [-0.15, -0.1) is 0 Å². The van der Waals surface area contributed by atoms with Crippen LogP contribution < -0.4 is 5.32 Å². The summed E-state index contributed by atoms with van der Waals surface area (Å²) in [5.41, 5.74) is 1.86. The van der Waals surface area contributed by atoms with Crippen molar-refractivity contribution < 1.29 is 14.6 Å². The van der Waals surface area contributed by atoms with Crippen LogP contribution in [0.25, 0.3) is 0 Å². The van der Waals surface area contributed by atoms with Crippen LogP contribution in [0.5, 0.6) is 0 Å². The van der Waals surface area contributed by atoms with Crippen LogP contribution in [0, 0.1) is 5.92 Å². The van der Waals surface area contributed by atoms with Gasteiger partial charge in [-0.05, 0) is 49.3 Å². The summed E-state index contributed by atoms with van der Waals surface area (Å²) >= 11 is 0. The second-order valence-electron chi connectivity index (χ2n) is 7.51. The van der Waals surface area contributed by atoms with Crippen molar-refractivity contribution in [2.75, 3.05) is 18.5 Å². The largest absolute Gasteiger partial charge is 0.394 e. The molecule has 1 saturated heterocycles. The zero-order valence-corrected chi connectivity index (χ0v) is 15.1. The fraction of sp³-hybridized carbons (Fsp3) is 0.650. The van der Waals surface area contributed by atoms with E-state index in [4.69, 9.17) is 4.74 Å². The number of amides is 2. The number of aliphatic hydroxyl groups excluding tert-OH is 1. The molecular formula is C20H30N2O3. The molecule has 3 atom stereocenters. The number of ether oxygens (including phenoxy) is 1. The summed E-state index contributed by atoms with van der Waals surface area (Å²) in [4.78, 5) is 14.1. The number of likely N-dealkylation sites (tertiary alicyclic amines) is 1. The first-order chi connectivity index (χ1) is 12.2. The van der Waals surface area contributed by atoms with Gasteiger partial charge in [-0.25, -0.2) is 4.79 Å². The second-order valence-corrected chi connectivity index (χ2v) is 7.51. The van der Waals surface area contributed by atoms with Gasteiger partial charge < -0.3 is 20.1 Å². The molecule has 1 aliphatic carbocycles. The van der Waals surface area contributed by atoms with E-state index in [1.54, 1.807) is 4.90 Å². The number of nitrogens with one attached hydrogen (secondary N) is 1. The van der Waals surface area contributed by atoms with Gasteiger partial charge in [0, 0.05) is 12.2 Å². The van der Waals surface area contributed by atoms with Gasteiger partial charge in [0.2, 0.25) is 0 Å². The third-order valence-electron chi connectivity index (χ3n) is 5.40. The first-order valence-corrected chi connectivity index (χ1v) is 9.54. The quantitative estimate of drug-likeness (QED) is 0.853.